The fourth-order valence-electron chi connectivity index (χ4n) is 2.66. The molecule has 106 valence electrons. The number of nitrogens with two attached hydrogens (primary N) is 1. The molecule has 0 bridgehead atoms. The second-order valence-electron chi connectivity index (χ2n) is 5.32. The molecule has 3 N–H and O–H groups in total. The van der Waals surface area contributed by atoms with Crippen LogP contribution < -0.4 is 10.5 Å². The van der Waals surface area contributed by atoms with Crippen molar-refractivity contribution in [2.45, 2.75) is 50.0 Å². The van der Waals surface area contributed by atoms with Crippen molar-refractivity contribution in [1.29, 1.82) is 0 Å². The smallest absolute Gasteiger partial charge is 0.240 e. The highest BCUT2D eigenvalue weighted by atomic mass is 32.2. The van der Waals surface area contributed by atoms with Crippen molar-refractivity contribution in [3.63, 3.8) is 0 Å². The Labute approximate surface area is 115 Å². The second-order valence-corrected chi connectivity index (χ2v) is 7.03. The molecule has 5 heteroatoms. The monoisotopic (exact) mass is 282 g/mol. The summed E-state index contributed by atoms with van der Waals surface area (Å²) in [6.45, 7) is 2.20. The van der Waals surface area contributed by atoms with Crippen molar-refractivity contribution >= 4 is 15.7 Å². The van der Waals surface area contributed by atoms with E-state index in [0.29, 0.717) is 5.69 Å². The summed E-state index contributed by atoms with van der Waals surface area (Å²) in [7, 11) is -3.44. The van der Waals surface area contributed by atoms with E-state index < -0.39 is 10.0 Å². The van der Waals surface area contributed by atoms with Gasteiger partial charge >= 0.3 is 0 Å². The van der Waals surface area contributed by atoms with Crippen molar-refractivity contribution in [2.24, 2.45) is 5.92 Å². The third kappa shape index (κ3) is 3.70. The third-order valence-electron chi connectivity index (χ3n) is 3.91. The van der Waals surface area contributed by atoms with Gasteiger partial charge in [-0.15, -0.1) is 0 Å². The first kappa shape index (κ1) is 14.3. The molecule has 1 aromatic carbocycles. The fraction of sp³-hybridized carbons (Fsp3) is 0.571. The fourth-order valence-corrected chi connectivity index (χ4v) is 4.02. The Hall–Kier alpha value is -1.07. The first-order valence-electron chi connectivity index (χ1n) is 6.89. The first-order chi connectivity index (χ1) is 9.01. The van der Waals surface area contributed by atoms with Gasteiger partial charge in [0.25, 0.3) is 0 Å². The van der Waals surface area contributed by atoms with Gasteiger partial charge in [-0.05, 0) is 49.8 Å². The molecule has 1 saturated carbocycles. The van der Waals surface area contributed by atoms with Crippen LogP contribution in [0.2, 0.25) is 0 Å². The lowest BCUT2D eigenvalue weighted by atomic mass is 9.85. The minimum atomic E-state index is -3.44. The van der Waals surface area contributed by atoms with Gasteiger partial charge in [-0.3, -0.25) is 0 Å². The highest BCUT2D eigenvalue weighted by Gasteiger charge is 2.24. The summed E-state index contributed by atoms with van der Waals surface area (Å²) in [4.78, 5) is 0.255. The summed E-state index contributed by atoms with van der Waals surface area (Å²) in [5.41, 5.74) is 6.10. The van der Waals surface area contributed by atoms with Crippen LogP contribution in [-0.2, 0) is 10.0 Å². The predicted molar refractivity (Wildman–Crippen MR) is 77.2 cm³/mol. The maximum atomic E-state index is 12.2. The number of hydrogen-bond acceptors (Lipinski definition) is 3. The topological polar surface area (TPSA) is 72.2 Å². The van der Waals surface area contributed by atoms with Crippen LogP contribution in [0.1, 0.15) is 39.0 Å². The lowest BCUT2D eigenvalue weighted by Gasteiger charge is -2.28. The maximum Gasteiger partial charge on any atom is 0.240 e. The van der Waals surface area contributed by atoms with Crippen molar-refractivity contribution in [1.82, 2.24) is 4.72 Å². The van der Waals surface area contributed by atoms with Gasteiger partial charge in [-0.1, -0.05) is 19.4 Å². The molecular weight excluding hydrogens is 260 g/mol. The zero-order valence-corrected chi connectivity index (χ0v) is 12.1. The molecule has 1 aromatic rings. The Balaban J connectivity index is 2.02. The van der Waals surface area contributed by atoms with Crippen LogP contribution in [-0.4, -0.2) is 14.5 Å². The standard InChI is InChI=1S/C14H22N2O2S/c1-2-11-6-8-13(9-7-11)16-19(17,18)14-5-3-4-12(15)10-14/h3-5,10-11,13,16H,2,6-9,15H2,1H3. The summed E-state index contributed by atoms with van der Waals surface area (Å²) < 4.78 is 27.3. The van der Waals surface area contributed by atoms with Gasteiger partial charge in [-0.25, -0.2) is 13.1 Å². The van der Waals surface area contributed by atoms with Crippen LogP contribution in [0, 0.1) is 5.92 Å². The zero-order valence-electron chi connectivity index (χ0n) is 11.3. The van der Waals surface area contributed by atoms with Crippen molar-refractivity contribution in [3.05, 3.63) is 24.3 Å². The largest absolute Gasteiger partial charge is 0.399 e. The Bertz CT molecular complexity index is 520. The molecule has 0 unspecified atom stereocenters. The van der Waals surface area contributed by atoms with E-state index in [4.69, 9.17) is 5.73 Å². The molecule has 1 aliphatic carbocycles. The van der Waals surface area contributed by atoms with Gasteiger partial charge in [-0.2, -0.15) is 0 Å². The molecule has 1 fully saturated rings. The van der Waals surface area contributed by atoms with Crippen molar-refractivity contribution in [2.75, 3.05) is 5.73 Å². The molecule has 19 heavy (non-hydrogen) atoms. The quantitative estimate of drug-likeness (QED) is 0.833. The second kappa shape index (κ2) is 5.92. The van der Waals surface area contributed by atoms with E-state index in [9.17, 15) is 8.42 Å². The minimum absolute atomic E-state index is 0.0641. The molecule has 0 saturated heterocycles. The molecule has 4 nitrogen and oxygen atoms in total. The Morgan fingerprint density at radius 1 is 1.26 bits per heavy atom. The van der Waals surface area contributed by atoms with Crippen molar-refractivity contribution in [3.8, 4) is 0 Å². The van der Waals surface area contributed by atoms with E-state index in [1.165, 1.54) is 12.5 Å². The summed E-state index contributed by atoms with van der Waals surface area (Å²) in [5.74, 6) is 0.758. The van der Waals surface area contributed by atoms with Gasteiger partial charge < -0.3 is 5.73 Å². The number of hydrogen-bond donors (Lipinski definition) is 2. The summed E-state index contributed by atoms with van der Waals surface area (Å²) >= 11 is 0. The van der Waals surface area contributed by atoms with E-state index in [2.05, 4.69) is 11.6 Å². The van der Waals surface area contributed by atoms with Crippen LogP contribution in [0.25, 0.3) is 0 Å². The van der Waals surface area contributed by atoms with E-state index in [0.717, 1.165) is 31.6 Å². The molecule has 0 aromatic heterocycles. The Morgan fingerprint density at radius 2 is 1.95 bits per heavy atom. The van der Waals surface area contributed by atoms with E-state index in [1.807, 2.05) is 0 Å². The summed E-state index contributed by atoms with van der Waals surface area (Å²) in [6.07, 6.45) is 5.27. The predicted octanol–water partition coefficient (Wildman–Crippen LogP) is 2.52. The molecule has 0 heterocycles. The van der Waals surface area contributed by atoms with Crippen LogP contribution in [0.15, 0.2) is 29.2 Å². The third-order valence-corrected chi connectivity index (χ3v) is 5.43. The van der Waals surface area contributed by atoms with E-state index >= 15 is 0 Å². The molecule has 0 aliphatic heterocycles. The summed E-state index contributed by atoms with van der Waals surface area (Å²) in [6, 6.07) is 6.49. The molecular formula is C14H22N2O2S. The summed E-state index contributed by atoms with van der Waals surface area (Å²) in [5, 5.41) is 0. The average Bonchev–Trinajstić information content (AvgIpc) is 2.39. The molecule has 0 atom stereocenters. The van der Waals surface area contributed by atoms with Crippen LogP contribution in [0.3, 0.4) is 0 Å². The molecule has 0 radical (unpaired) electrons. The molecule has 1 aliphatic rings. The van der Waals surface area contributed by atoms with Gasteiger partial charge in [0.1, 0.15) is 0 Å². The van der Waals surface area contributed by atoms with E-state index in [-0.39, 0.29) is 10.9 Å². The van der Waals surface area contributed by atoms with Gasteiger partial charge in [0.05, 0.1) is 4.90 Å². The number of sulfonamides is 1. The van der Waals surface area contributed by atoms with Gasteiger partial charge in [0, 0.05) is 11.7 Å². The van der Waals surface area contributed by atoms with Crippen LogP contribution >= 0.6 is 0 Å². The zero-order chi connectivity index (χ0) is 13.9. The lowest BCUT2D eigenvalue weighted by molar-refractivity contribution is 0.306. The minimum Gasteiger partial charge on any atom is -0.399 e. The number of rotatable bonds is 4. The molecule has 0 amide bonds. The van der Waals surface area contributed by atoms with E-state index in [1.54, 1.807) is 18.2 Å². The number of nitrogens with one attached hydrogen (secondary N) is 1. The van der Waals surface area contributed by atoms with Crippen LogP contribution in [0.5, 0.6) is 0 Å². The number of benzene rings is 1. The average molecular weight is 282 g/mol. The van der Waals surface area contributed by atoms with Crippen LogP contribution in [0.4, 0.5) is 5.69 Å². The van der Waals surface area contributed by atoms with Gasteiger partial charge in [0.2, 0.25) is 10.0 Å². The van der Waals surface area contributed by atoms with Gasteiger partial charge in [0.15, 0.2) is 0 Å². The molecule has 2 rings (SSSR count). The number of nitrogen functional groups attached to an aromatic ring is 1. The van der Waals surface area contributed by atoms with Crippen molar-refractivity contribution < 1.29 is 8.42 Å². The lowest BCUT2D eigenvalue weighted by Crippen LogP contribution is -2.37. The normalized spacial score (nSPS) is 24.3. The first-order valence-corrected chi connectivity index (χ1v) is 8.37. The highest BCUT2D eigenvalue weighted by molar-refractivity contribution is 7.89. The Kier molecular flexibility index (Phi) is 4.47. The maximum absolute atomic E-state index is 12.2. The SMILES string of the molecule is CCC1CCC(NS(=O)(=O)c2cccc(N)c2)CC1. The number of anilines is 1. The molecule has 0 spiro atoms. The highest BCUT2D eigenvalue weighted by Crippen LogP contribution is 2.27. The Morgan fingerprint density at radius 3 is 2.53 bits per heavy atom.